The Morgan fingerprint density at radius 2 is 1.79 bits per heavy atom. The number of carbonyl (C=O) groups excluding carboxylic acids is 2. The average molecular weight is 460 g/mol. The standard InChI is InChI=1S/C27H41NO5/c1-16-13-28(14-17(2)33-16)15-24(31)20-7-10-27(32)21-12-23(30)22-11-18(29)5-8-25(22,3)19(21)6-9-26(20,27)4/h12,16-20,22,29,32H,5-11,13-15H2,1-4H3/t16?,17?,18?,19?,20-,22?,25?,26?,27-/m1/s1. The molecule has 1 aliphatic heterocycles. The highest BCUT2D eigenvalue weighted by Crippen LogP contribution is 2.67. The van der Waals surface area contributed by atoms with Gasteiger partial charge in [-0.2, -0.15) is 0 Å². The Balaban J connectivity index is 1.41. The van der Waals surface area contributed by atoms with Crippen molar-refractivity contribution in [1.29, 1.82) is 0 Å². The Labute approximate surface area is 197 Å². The molecule has 4 fully saturated rings. The van der Waals surface area contributed by atoms with Crippen LogP contribution in [0.25, 0.3) is 0 Å². The molecule has 0 aromatic rings. The van der Waals surface area contributed by atoms with E-state index in [0.29, 0.717) is 25.8 Å². The summed E-state index contributed by atoms with van der Waals surface area (Å²) in [5, 5.41) is 22.4. The van der Waals surface area contributed by atoms with Crippen LogP contribution < -0.4 is 0 Å². The van der Waals surface area contributed by atoms with Gasteiger partial charge in [0.2, 0.25) is 0 Å². The Morgan fingerprint density at radius 3 is 2.48 bits per heavy atom. The summed E-state index contributed by atoms with van der Waals surface area (Å²) in [5.41, 5.74) is -0.949. The zero-order valence-electron chi connectivity index (χ0n) is 20.7. The van der Waals surface area contributed by atoms with Gasteiger partial charge in [0.25, 0.3) is 0 Å². The molecule has 0 bridgehead atoms. The number of aliphatic hydroxyl groups is 2. The molecule has 9 atom stereocenters. The minimum Gasteiger partial charge on any atom is -0.393 e. The average Bonchev–Trinajstić information content (AvgIpc) is 3.00. The summed E-state index contributed by atoms with van der Waals surface area (Å²) in [7, 11) is 0. The van der Waals surface area contributed by atoms with Gasteiger partial charge in [0.1, 0.15) is 0 Å². The summed E-state index contributed by atoms with van der Waals surface area (Å²) >= 11 is 0. The fourth-order valence-electron chi connectivity index (χ4n) is 8.58. The monoisotopic (exact) mass is 459 g/mol. The van der Waals surface area contributed by atoms with Gasteiger partial charge < -0.3 is 14.9 Å². The quantitative estimate of drug-likeness (QED) is 0.675. The third-order valence-electron chi connectivity index (χ3n) is 10.3. The number of hydrogen-bond acceptors (Lipinski definition) is 6. The molecule has 2 N–H and O–H groups in total. The molecule has 5 rings (SSSR count). The number of morpholine rings is 1. The molecule has 1 saturated heterocycles. The molecule has 0 amide bonds. The number of nitrogens with zero attached hydrogens (tertiary/aromatic N) is 1. The summed E-state index contributed by atoms with van der Waals surface area (Å²) in [6, 6.07) is 0. The summed E-state index contributed by atoms with van der Waals surface area (Å²) in [6.07, 6.45) is 6.56. The maximum atomic E-state index is 13.6. The van der Waals surface area contributed by atoms with Gasteiger partial charge in [-0.05, 0) is 81.8 Å². The van der Waals surface area contributed by atoms with Gasteiger partial charge in [-0.1, -0.05) is 13.8 Å². The second-order valence-corrected chi connectivity index (χ2v) is 12.4. The maximum Gasteiger partial charge on any atom is 0.159 e. The van der Waals surface area contributed by atoms with Crippen molar-refractivity contribution >= 4 is 11.6 Å². The van der Waals surface area contributed by atoms with Crippen molar-refractivity contribution in [3.63, 3.8) is 0 Å². The molecular weight excluding hydrogens is 418 g/mol. The van der Waals surface area contributed by atoms with Crippen LogP contribution in [0.5, 0.6) is 0 Å². The first kappa shape index (κ1) is 23.7. The Kier molecular flexibility index (Phi) is 5.71. The van der Waals surface area contributed by atoms with Crippen molar-refractivity contribution in [2.24, 2.45) is 28.6 Å². The summed E-state index contributed by atoms with van der Waals surface area (Å²) in [5.74, 6) is 0.0892. The largest absolute Gasteiger partial charge is 0.393 e. The highest BCUT2D eigenvalue weighted by Gasteiger charge is 2.66. The number of allylic oxidation sites excluding steroid dienone is 1. The van der Waals surface area contributed by atoms with E-state index in [2.05, 4.69) is 32.6 Å². The molecule has 1 heterocycles. The first-order chi connectivity index (χ1) is 15.5. The van der Waals surface area contributed by atoms with E-state index in [9.17, 15) is 19.8 Å². The summed E-state index contributed by atoms with van der Waals surface area (Å²) in [6.45, 7) is 10.3. The normalized spacial score (nSPS) is 50.2. The number of fused-ring (bicyclic) bond motifs is 5. The van der Waals surface area contributed by atoms with Crippen molar-refractivity contribution < 1.29 is 24.5 Å². The van der Waals surface area contributed by atoms with Crippen molar-refractivity contribution in [2.45, 2.75) is 96.6 Å². The van der Waals surface area contributed by atoms with Crippen LogP contribution in [-0.2, 0) is 14.3 Å². The van der Waals surface area contributed by atoms with Crippen LogP contribution in [0.3, 0.4) is 0 Å². The van der Waals surface area contributed by atoms with E-state index in [1.54, 1.807) is 6.08 Å². The number of ether oxygens (including phenoxy) is 1. The van der Waals surface area contributed by atoms with Gasteiger partial charge in [-0.15, -0.1) is 0 Å². The molecule has 4 aliphatic carbocycles. The maximum absolute atomic E-state index is 13.6. The zero-order chi connectivity index (χ0) is 23.8. The molecule has 5 aliphatic rings. The number of ketones is 2. The predicted octanol–water partition coefficient (Wildman–Crippen LogP) is 2.90. The van der Waals surface area contributed by atoms with Gasteiger partial charge in [0.15, 0.2) is 11.6 Å². The molecule has 7 unspecified atom stereocenters. The van der Waals surface area contributed by atoms with E-state index >= 15 is 0 Å². The SMILES string of the molecule is CC1CN(CC(=O)[C@H]2CC[C@@]3(O)C4=CC(=O)C5CC(O)CCC5(C)C4CCC23C)CC(C)O1. The van der Waals surface area contributed by atoms with Crippen LogP contribution in [0, 0.1) is 28.6 Å². The first-order valence-corrected chi connectivity index (χ1v) is 13.0. The zero-order valence-corrected chi connectivity index (χ0v) is 20.7. The highest BCUT2D eigenvalue weighted by molar-refractivity contribution is 5.95. The van der Waals surface area contributed by atoms with E-state index in [-0.39, 0.29) is 46.9 Å². The van der Waals surface area contributed by atoms with Crippen LogP contribution in [0.2, 0.25) is 0 Å². The number of Topliss-reactive ketones (excluding diaryl/α,β-unsaturated/α-hetero) is 1. The fourth-order valence-corrected chi connectivity index (χ4v) is 8.58. The van der Waals surface area contributed by atoms with Gasteiger partial charge in [-0.3, -0.25) is 14.5 Å². The van der Waals surface area contributed by atoms with Crippen molar-refractivity contribution in [3.05, 3.63) is 11.6 Å². The van der Waals surface area contributed by atoms with Crippen LogP contribution >= 0.6 is 0 Å². The van der Waals surface area contributed by atoms with Crippen molar-refractivity contribution in [3.8, 4) is 0 Å². The molecule has 33 heavy (non-hydrogen) atoms. The van der Waals surface area contributed by atoms with Crippen LogP contribution in [0.1, 0.15) is 72.6 Å². The summed E-state index contributed by atoms with van der Waals surface area (Å²) < 4.78 is 5.83. The molecule has 6 heteroatoms. The molecular formula is C27H41NO5. The number of aliphatic hydroxyl groups excluding tert-OH is 1. The predicted molar refractivity (Wildman–Crippen MR) is 125 cm³/mol. The Hall–Kier alpha value is -1.08. The van der Waals surface area contributed by atoms with Crippen LogP contribution in [0.4, 0.5) is 0 Å². The smallest absolute Gasteiger partial charge is 0.159 e. The minimum atomic E-state index is -1.10. The molecule has 0 radical (unpaired) electrons. The van der Waals surface area contributed by atoms with Gasteiger partial charge in [-0.25, -0.2) is 0 Å². The van der Waals surface area contributed by atoms with Crippen LogP contribution in [-0.4, -0.2) is 70.2 Å². The van der Waals surface area contributed by atoms with E-state index in [0.717, 1.165) is 44.3 Å². The van der Waals surface area contributed by atoms with Crippen molar-refractivity contribution in [1.82, 2.24) is 4.90 Å². The van der Waals surface area contributed by atoms with E-state index < -0.39 is 17.1 Å². The van der Waals surface area contributed by atoms with Crippen molar-refractivity contribution in [2.75, 3.05) is 19.6 Å². The number of rotatable bonds is 3. The number of carbonyl (C=O) groups is 2. The molecule has 184 valence electrons. The van der Waals surface area contributed by atoms with Gasteiger partial charge in [0, 0.05) is 30.3 Å². The minimum absolute atomic E-state index is 0.0613. The first-order valence-electron chi connectivity index (χ1n) is 13.0. The molecule has 6 nitrogen and oxygen atoms in total. The second kappa shape index (κ2) is 7.97. The number of hydrogen-bond donors (Lipinski definition) is 2. The third-order valence-corrected chi connectivity index (χ3v) is 10.3. The Morgan fingerprint density at radius 1 is 1.09 bits per heavy atom. The van der Waals surface area contributed by atoms with E-state index in [1.165, 1.54) is 0 Å². The second-order valence-electron chi connectivity index (χ2n) is 12.4. The lowest BCUT2D eigenvalue weighted by molar-refractivity contribution is -0.145. The fraction of sp³-hybridized carbons (Fsp3) is 0.852. The molecule has 0 aromatic heterocycles. The van der Waals surface area contributed by atoms with Gasteiger partial charge in [0.05, 0.1) is 30.5 Å². The van der Waals surface area contributed by atoms with E-state index in [1.807, 2.05) is 0 Å². The third kappa shape index (κ3) is 3.50. The van der Waals surface area contributed by atoms with Gasteiger partial charge >= 0.3 is 0 Å². The lowest BCUT2D eigenvalue weighted by Gasteiger charge is -2.59. The lowest BCUT2D eigenvalue weighted by atomic mass is 9.46. The molecule has 3 saturated carbocycles. The lowest BCUT2D eigenvalue weighted by Crippen LogP contribution is -2.59. The topological polar surface area (TPSA) is 87.1 Å². The highest BCUT2D eigenvalue weighted by atomic mass is 16.5. The Bertz CT molecular complexity index is 861. The van der Waals surface area contributed by atoms with E-state index in [4.69, 9.17) is 4.74 Å². The van der Waals surface area contributed by atoms with Crippen LogP contribution in [0.15, 0.2) is 11.6 Å². The molecule has 0 aromatic carbocycles. The molecule has 0 spiro atoms. The summed E-state index contributed by atoms with van der Waals surface area (Å²) in [4.78, 5) is 29.0.